The number of primary amides is 1. The van der Waals surface area contributed by atoms with E-state index in [1.165, 1.54) is 0 Å². The SMILES string of the molecule is CNc1cc(-c2nc(C)n3c2CCCC3=O)ccc1C(N)=O. The van der Waals surface area contributed by atoms with Gasteiger partial charge in [0.1, 0.15) is 5.82 Å². The van der Waals surface area contributed by atoms with Crippen molar-refractivity contribution < 1.29 is 9.59 Å². The number of aromatic nitrogens is 2. The fraction of sp³-hybridized carbons (Fsp3) is 0.312. The van der Waals surface area contributed by atoms with Crippen LogP contribution in [0.5, 0.6) is 0 Å². The lowest BCUT2D eigenvalue weighted by Gasteiger charge is -2.15. The molecule has 2 aromatic rings. The van der Waals surface area contributed by atoms with E-state index in [4.69, 9.17) is 5.73 Å². The molecule has 2 heterocycles. The van der Waals surface area contributed by atoms with Crippen LogP contribution in [0, 0.1) is 6.92 Å². The lowest BCUT2D eigenvalue weighted by Crippen LogP contribution is -2.20. The summed E-state index contributed by atoms with van der Waals surface area (Å²) in [5, 5.41) is 2.98. The van der Waals surface area contributed by atoms with E-state index in [0.717, 1.165) is 29.8 Å². The van der Waals surface area contributed by atoms with Crippen molar-refractivity contribution in [2.24, 2.45) is 5.73 Å². The van der Waals surface area contributed by atoms with Gasteiger partial charge >= 0.3 is 0 Å². The van der Waals surface area contributed by atoms with E-state index in [-0.39, 0.29) is 5.91 Å². The van der Waals surface area contributed by atoms with Crippen LogP contribution in [0.3, 0.4) is 0 Å². The zero-order valence-corrected chi connectivity index (χ0v) is 12.6. The van der Waals surface area contributed by atoms with Crippen LogP contribution in [-0.4, -0.2) is 28.4 Å². The molecule has 1 aromatic heterocycles. The van der Waals surface area contributed by atoms with Gasteiger partial charge in [0.15, 0.2) is 0 Å². The van der Waals surface area contributed by atoms with Gasteiger partial charge in [0.25, 0.3) is 5.91 Å². The Morgan fingerprint density at radius 2 is 2.14 bits per heavy atom. The van der Waals surface area contributed by atoms with E-state index in [9.17, 15) is 9.59 Å². The second-order valence-electron chi connectivity index (χ2n) is 5.41. The monoisotopic (exact) mass is 298 g/mol. The zero-order valence-electron chi connectivity index (χ0n) is 12.6. The average molecular weight is 298 g/mol. The number of imidazole rings is 1. The molecule has 0 radical (unpaired) electrons. The van der Waals surface area contributed by atoms with Crippen molar-refractivity contribution in [3.8, 4) is 11.3 Å². The Hall–Kier alpha value is -2.63. The molecule has 1 aromatic carbocycles. The minimum Gasteiger partial charge on any atom is -0.387 e. The molecule has 0 aliphatic carbocycles. The van der Waals surface area contributed by atoms with Gasteiger partial charge in [-0.2, -0.15) is 0 Å². The molecule has 6 nitrogen and oxygen atoms in total. The molecule has 0 saturated heterocycles. The van der Waals surface area contributed by atoms with Gasteiger partial charge in [-0.05, 0) is 31.9 Å². The lowest BCUT2D eigenvalue weighted by molar-refractivity contribution is 0.0881. The molecule has 0 fully saturated rings. The highest BCUT2D eigenvalue weighted by molar-refractivity contribution is 5.99. The minimum absolute atomic E-state index is 0.0973. The number of nitrogens with two attached hydrogens (primary N) is 1. The molecule has 0 saturated carbocycles. The average Bonchev–Trinajstić information content (AvgIpc) is 2.85. The molecule has 0 bridgehead atoms. The Bertz CT molecular complexity index is 777. The van der Waals surface area contributed by atoms with Crippen molar-refractivity contribution in [2.75, 3.05) is 12.4 Å². The first kappa shape index (κ1) is 14.3. The Morgan fingerprint density at radius 1 is 1.36 bits per heavy atom. The highest BCUT2D eigenvalue weighted by Gasteiger charge is 2.24. The van der Waals surface area contributed by atoms with Gasteiger partial charge < -0.3 is 11.1 Å². The number of aryl methyl sites for hydroxylation is 1. The number of nitrogens with one attached hydrogen (secondary N) is 1. The highest BCUT2D eigenvalue weighted by atomic mass is 16.2. The van der Waals surface area contributed by atoms with Crippen molar-refractivity contribution in [2.45, 2.75) is 26.2 Å². The number of benzene rings is 1. The summed E-state index contributed by atoms with van der Waals surface area (Å²) in [4.78, 5) is 28.1. The quantitative estimate of drug-likeness (QED) is 0.906. The number of nitrogens with zero attached hydrogens (tertiary/aromatic N) is 2. The maximum atomic E-state index is 12.1. The van der Waals surface area contributed by atoms with Gasteiger partial charge in [0, 0.05) is 24.7 Å². The molecule has 6 heteroatoms. The summed E-state index contributed by atoms with van der Waals surface area (Å²) in [7, 11) is 1.74. The third-order valence-corrected chi connectivity index (χ3v) is 4.02. The Balaban J connectivity index is 2.15. The van der Waals surface area contributed by atoms with E-state index in [0.29, 0.717) is 23.5 Å². The lowest BCUT2D eigenvalue weighted by atomic mass is 10.0. The topological polar surface area (TPSA) is 90.0 Å². The van der Waals surface area contributed by atoms with E-state index in [1.807, 2.05) is 19.1 Å². The standard InChI is InChI=1S/C16H18N4O2/c1-9-19-15(13-4-3-5-14(21)20(9)13)10-6-7-11(16(17)22)12(8-10)18-2/h6-8,18H,3-5H2,1-2H3,(H2,17,22). The molecule has 3 N–H and O–H groups in total. The molecule has 1 amide bonds. The van der Waals surface area contributed by atoms with Crippen LogP contribution in [0.2, 0.25) is 0 Å². The fourth-order valence-corrected chi connectivity index (χ4v) is 3.00. The van der Waals surface area contributed by atoms with E-state index < -0.39 is 5.91 Å². The second kappa shape index (κ2) is 5.29. The minimum atomic E-state index is -0.478. The van der Waals surface area contributed by atoms with Gasteiger partial charge in [-0.1, -0.05) is 6.07 Å². The Labute approximate surface area is 128 Å². The van der Waals surface area contributed by atoms with Crippen molar-refractivity contribution >= 4 is 17.5 Å². The van der Waals surface area contributed by atoms with E-state index >= 15 is 0 Å². The maximum Gasteiger partial charge on any atom is 0.250 e. The smallest absolute Gasteiger partial charge is 0.250 e. The van der Waals surface area contributed by atoms with Crippen LogP contribution in [0.4, 0.5) is 5.69 Å². The van der Waals surface area contributed by atoms with E-state index in [1.54, 1.807) is 17.7 Å². The summed E-state index contributed by atoms with van der Waals surface area (Å²) in [6.07, 6.45) is 2.23. The summed E-state index contributed by atoms with van der Waals surface area (Å²) >= 11 is 0. The number of anilines is 1. The summed E-state index contributed by atoms with van der Waals surface area (Å²) in [6, 6.07) is 5.36. The van der Waals surface area contributed by atoms with Crippen LogP contribution >= 0.6 is 0 Å². The molecule has 0 spiro atoms. The highest BCUT2D eigenvalue weighted by Crippen LogP contribution is 2.31. The molecule has 22 heavy (non-hydrogen) atoms. The molecule has 114 valence electrons. The predicted octanol–water partition coefficient (Wildman–Crippen LogP) is 1.98. The van der Waals surface area contributed by atoms with Gasteiger partial charge in [-0.3, -0.25) is 14.2 Å². The number of carbonyl (C=O) groups is 2. The predicted molar refractivity (Wildman–Crippen MR) is 84.0 cm³/mol. The number of hydrogen-bond acceptors (Lipinski definition) is 4. The van der Waals surface area contributed by atoms with Gasteiger partial charge in [-0.25, -0.2) is 4.98 Å². The van der Waals surface area contributed by atoms with Crippen LogP contribution in [-0.2, 0) is 6.42 Å². The van der Waals surface area contributed by atoms with Crippen LogP contribution < -0.4 is 11.1 Å². The first-order valence-corrected chi connectivity index (χ1v) is 7.26. The number of carbonyl (C=O) groups excluding carboxylic acids is 2. The maximum absolute atomic E-state index is 12.1. The van der Waals surface area contributed by atoms with Gasteiger partial charge in [0.05, 0.1) is 17.0 Å². The molecule has 0 unspecified atom stereocenters. The summed E-state index contributed by atoms with van der Waals surface area (Å²) in [5.41, 5.74) is 9.09. The molecule has 3 rings (SSSR count). The number of hydrogen-bond donors (Lipinski definition) is 2. The van der Waals surface area contributed by atoms with Crippen molar-refractivity contribution in [1.82, 2.24) is 9.55 Å². The van der Waals surface area contributed by atoms with Crippen LogP contribution in [0.15, 0.2) is 18.2 Å². The number of rotatable bonds is 3. The summed E-state index contributed by atoms with van der Waals surface area (Å²) < 4.78 is 1.71. The Morgan fingerprint density at radius 3 is 2.82 bits per heavy atom. The normalized spacial score (nSPS) is 13.8. The third kappa shape index (κ3) is 2.16. The molecular formula is C16H18N4O2. The molecule has 0 atom stereocenters. The summed E-state index contributed by atoms with van der Waals surface area (Å²) in [6.45, 7) is 1.84. The summed E-state index contributed by atoms with van der Waals surface area (Å²) in [5.74, 6) is 0.328. The first-order chi connectivity index (χ1) is 10.5. The number of amides is 1. The third-order valence-electron chi connectivity index (χ3n) is 4.02. The molecular weight excluding hydrogens is 280 g/mol. The number of fused-ring (bicyclic) bond motifs is 1. The van der Waals surface area contributed by atoms with E-state index in [2.05, 4.69) is 10.3 Å². The molecule has 1 aliphatic heterocycles. The molecule has 1 aliphatic rings. The van der Waals surface area contributed by atoms with Crippen molar-refractivity contribution in [3.05, 3.63) is 35.3 Å². The van der Waals surface area contributed by atoms with Crippen LogP contribution in [0.25, 0.3) is 11.3 Å². The second-order valence-corrected chi connectivity index (χ2v) is 5.41. The van der Waals surface area contributed by atoms with Crippen molar-refractivity contribution in [3.63, 3.8) is 0 Å². The van der Waals surface area contributed by atoms with Crippen LogP contribution in [0.1, 0.15) is 39.5 Å². The fourth-order valence-electron chi connectivity index (χ4n) is 3.00. The Kier molecular flexibility index (Phi) is 3.44. The van der Waals surface area contributed by atoms with Crippen molar-refractivity contribution in [1.29, 1.82) is 0 Å². The van der Waals surface area contributed by atoms with Gasteiger partial charge in [-0.15, -0.1) is 0 Å². The zero-order chi connectivity index (χ0) is 15.9. The largest absolute Gasteiger partial charge is 0.387 e. The first-order valence-electron chi connectivity index (χ1n) is 7.26. The van der Waals surface area contributed by atoms with Gasteiger partial charge in [0.2, 0.25) is 5.91 Å².